The number of nitrogens with zero attached hydrogens (tertiary/aromatic N) is 2. The number of halogens is 4. The lowest BCUT2D eigenvalue weighted by molar-refractivity contribution is -0.137. The molecule has 0 unspecified atom stereocenters. The van der Waals surface area contributed by atoms with Crippen LogP contribution < -0.4 is 11.2 Å². The topological polar surface area (TPSA) is 61.1 Å². The molecule has 10 heteroatoms. The predicted octanol–water partition coefficient (Wildman–Crippen LogP) is 4.83. The summed E-state index contributed by atoms with van der Waals surface area (Å²) in [4.78, 5) is 39.7. The molecule has 0 aliphatic rings. The molecule has 0 spiro atoms. The number of alkyl halides is 3. The summed E-state index contributed by atoms with van der Waals surface area (Å²) in [6, 6.07) is 11.8. The Balaban J connectivity index is 1.84. The molecule has 2 heterocycles. The Kier molecular flexibility index (Phi) is 5.79. The first-order chi connectivity index (χ1) is 15.1. The van der Waals surface area contributed by atoms with Gasteiger partial charge in [0.1, 0.15) is 0 Å². The van der Waals surface area contributed by atoms with Crippen molar-refractivity contribution in [1.82, 2.24) is 9.13 Å². The van der Waals surface area contributed by atoms with Crippen LogP contribution in [0.1, 0.15) is 20.8 Å². The van der Waals surface area contributed by atoms with Crippen LogP contribution in [0.15, 0.2) is 69.6 Å². The minimum atomic E-state index is -4.61. The van der Waals surface area contributed by atoms with Crippen molar-refractivity contribution in [2.24, 2.45) is 0 Å². The second-order valence-corrected chi connectivity index (χ2v) is 8.47. The Labute approximate surface area is 187 Å². The predicted molar refractivity (Wildman–Crippen MR) is 117 cm³/mol. The van der Waals surface area contributed by atoms with Crippen molar-refractivity contribution in [3.63, 3.8) is 0 Å². The number of benzene rings is 2. The van der Waals surface area contributed by atoms with Crippen LogP contribution in [-0.4, -0.2) is 14.9 Å². The Morgan fingerprint density at radius 2 is 1.78 bits per heavy atom. The first-order valence-electron chi connectivity index (χ1n) is 9.31. The standard InChI is InChI=1S/C22H14ClF3N2O3S/c23-15-6-7-18-17(10-15)20(30)28(11-16-5-2-8-32-16)21(31)27(18)12-19(29)13-3-1-4-14(9-13)22(24,25)26/h1-10H,11-12H2. The smallest absolute Gasteiger partial charge is 0.292 e. The van der Waals surface area contributed by atoms with Gasteiger partial charge in [0.2, 0.25) is 0 Å². The molecule has 0 fully saturated rings. The number of ketones is 1. The number of fused-ring (bicyclic) bond motifs is 1. The summed E-state index contributed by atoms with van der Waals surface area (Å²) in [6.07, 6.45) is -4.61. The molecule has 164 valence electrons. The molecule has 0 aliphatic heterocycles. The summed E-state index contributed by atoms with van der Waals surface area (Å²) in [5.41, 5.74) is -2.28. The normalized spacial score (nSPS) is 11.8. The van der Waals surface area contributed by atoms with E-state index in [1.165, 1.54) is 35.6 Å². The van der Waals surface area contributed by atoms with E-state index in [2.05, 4.69) is 0 Å². The Morgan fingerprint density at radius 3 is 2.47 bits per heavy atom. The number of hydrogen-bond donors (Lipinski definition) is 0. The minimum Gasteiger partial charge on any atom is -0.292 e. The Morgan fingerprint density at radius 1 is 1.00 bits per heavy atom. The molecule has 0 N–H and O–H groups in total. The lowest BCUT2D eigenvalue weighted by Crippen LogP contribution is -2.41. The summed E-state index contributed by atoms with van der Waals surface area (Å²) in [5.74, 6) is -0.698. The first-order valence-corrected chi connectivity index (χ1v) is 10.6. The zero-order chi connectivity index (χ0) is 23.0. The van der Waals surface area contributed by atoms with Gasteiger partial charge in [-0.05, 0) is 41.8 Å². The van der Waals surface area contributed by atoms with Crippen molar-refractivity contribution >= 4 is 39.6 Å². The highest BCUT2D eigenvalue weighted by Crippen LogP contribution is 2.29. The molecule has 0 atom stereocenters. The third-order valence-electron chi connectivity index (χ3n) is 4.89. The molecule has 2 aromatic carbocycles. The van der Waals surface area contributed by atoms with Crippen molar-refractivity contribution < 1.29 is 18.0 Å². The molecule has 0 radical (unpaired) electrons. The fourth-order valence-electron chi connectivity index (χ4n) is 3.35. The van der Waals surface area contributed by atoms with Gasteiger partial charge in [0.15, 0.2) is 5.78 Å². The molecule has 0 saturated carbocycles. The van der Waals surface area contributed by atoms with Crippen LogP contribution in [0.5, 0.6) is 0 Å². The van der Waals surface area contributed by atoms with E-state index in [-0.39, 0.29) is 28.0 Å². The van der Waals surface area contributed by atoms with Crippen molar-refractivity contribution in [1.29, 1.82) is 0 Å². The Hall–Kier alpha value is -3.17. The fraction of sp³-hybridized carbons (Fsp3) is 0.136. The average Bonchev–Trinajstić information content (AvgIpc) is 3.27. The molecule has 32 heavy (non-hydrogen) atoms. The van der Waals surface area contributed by atoms with Crippen LogP contribution in [0.4, 0.5) is 13.2 Å². The number of rotatable bonds is 5. The number of hydrogen-bond acceptors (Lipinski definition) is 4. The van der Waals surface area contributed by atoms with Crippen LogP contribution in [0.25, 0.3) is 10.9 Å². The number of thiophene rings is 1. The van der Waals surface area contributed by atoms with E-state index < -0.39 is 35.3 Å². The molecule has 4 aromatic rings. The number of carbonyl (C=O) groups is 1. The van der Waals surface area contributed by atoms with E-state index in [1.54, 1.807) is 17.5 Å². The van der Waals surface area contributed by atoms with Crippen molar-refractivity contribution in [3.05, 3.63) is 102 Å². The van der Waals surface area contributed by atoms with Gasteiger partial charge >= 0.3 is 11.9 Å². The molecule has 4 rings (SSSR count). The highest BCUT2D eigenvalue weighted by molar-refractivity contribution is 7.09. The van der Waals surface area contributed by atoms with Crippen LogP contribution in [0.3, 0.4) is 0 Å². The maximum Gasteiger partial charge on any atom is 0.416 e. The van der Waals surface area contributed by atoms with Crippen LogP contribution in [-0.2, 0) is 19.3 Å². The van der Waals surface area contributed by atoms with Crippen molar-refractivity contribution in [2.45, 2.75) is 19.3 Å². The van der Waals surface area contributed by atoms with Crippen LogP contribution >= 0.6 is 22.9 Å². The van der Waals surface area contributed by atoms with E-state index in [0.29, 0.717) is 0 Å². The summed E-state index contributed by atoms with van der Waals surface area (Å²) >= 11 is 7.39. The van der Waals surface area contributed by atoms with Gasteiger partial charge in [-0.2, -0.15) is 13.2 Å². The molecule has 2 aromatic heterocycles. The third kappa shape index (κ3) is 4.26. The van der Waals surface area contributed by atoms with Gasteiger partial charge in [0, 0.05) is 15.5 Å². The van der Waals surface area contributed by atoms with Gasteiger partial charge in [0.05, 0.1) is 29.6 Å². The average molecular weight is 479 g/mol. The minimum absolute atomic E-state index is 0.00443. The molecule has 5 nitrogen and oxygen atoms in total. The van der Waals surface area contributed by atoms with Gasteiger partial charge in [-0.15, -0.1) is 11.3 Å². The Bertz CT molecular complexity index is 1440. The quantitative estimate of drug-likeness (QED) is 0.386. The van der Waals surface area contributed by atoms with E-state index >= 15 is 0 Å². The number of aromatic nitrogens is 2. The molecule has 0 saturated heterocycles. The lowest BCUT2D eigenvalue weighted by Gasteiger charge is -2.14. The van der Waals surface area contributed by atoms with Gasteiger partial charge < -0.3 is 0 Å². The molecule has 0 bridgehead atoms. The second kappa shape index (κ2) is 8.40. The number of carbonyl (C=O) groups excluding carboxylic acids is 1. The third-order valence-corrected chi connectivity index (χ3v) is 5.99. The molecule has 0 aliphatic carbocycles. The zero-order valence-electron chi connectivity index (χ0n) is 16.2. The summed E-state index contributed by atoms with van der Waals surface area (Å²) in [6.45, 7) is -0.543. The van der Waals surface area contributed by atoms with E-state index in [1.807, 2.05) is 0 Å². The van der Waals surface area contributed by atoms with Gasteiger partial charge in [-0.3, -0.25) is 18.7 Å². The SMILES string of the molecule is O=C(Cn1c(=O)n(Cc2cccs2)c(=O)c2cc(Cl)ccc21)c1cccc(C(F)(F)F)c1. The summed E-state index contributed by atoms with van der Waals surface area (Å²) < 4.78 is 41.2. The lowest BCUT2D eigenvalue weighted by atomic mass is 10.1. The second-order valence-electron chi connectivity index (χ2n) is 7.00. The molecule has 0 amide bonds. The van der Waals surface area contributed by atoms with Crippen LogP contribution in [0.2, 0.25) is 5.02 Å². The molecular formula is C22H14ClF3N2O3S. The highest BCUT2D eigenvalue weighted by atomic mass is 35.5. The van der Waals surface area contributed by atoms with Crippen LogP contribution in [0, 0.1) is 0 Å². The fourth-order valence-corrected chi connectivity index (χ4v) is 4.22. The van der Waals surface area contributed by atoms with Gasteiger partial charge in [-0.1, -0.05) is 29.8 Å². The van der Waals surface area contributed by atoms with Crippen molar-refractivity contribution in [2.75, 3.05) is 0 Å². The van der Waals surface area contributed by atoms with Gasteiger partial charge in [-0.25, -0.2) is 4.79 Å². The zero-order valence-corrected chi connectivity index (χ0v) is 17.8. The maximum absolute atomic E-state index is 13.2. The monoisotopic (exact) mass is 478 g/mol. The first kappa shape index (κ1) is 22.0. The van der Waals surface area contributed by atoms with Crippen molar-refractivity contribution in [3.8, 4) is 0 Å². The largest absolute Gasteiger partial charge is 0.416 e. The highest BCUT2D eigenvalue weighted by Gasteiger charge is 2.31. The maximum atomic E-state index is 13.2. The van der Waals surface area contributed by atoms with E-state index in [9.17, 15) is 27.6 Å². The van der Waals surface area contributed by atoms with E-state index in [0.717, 1.165) is 32.2 Å². The summed E-state index contributed by atoms with van der Waals surface area (Å²) in [5, 5.41) is 2.20. The van der Waals surface area contributed by atoms with Gasteiger partial charge in [0.25, 0.3) is 5.56 Å². The summed E-state index contributed by atoms with van der Waals surface area (Å²) in [7, 11) is 0. The number of Topliss-reactive ketones (excluding diaryl/α,β-unsaturated/α-hetero) is 1. The van der Waals surface area contributed by atoms with E-state index in [4.69, 9.17) is 11.6 Å². The molecular weight excluding hydrogens is 465 g/mol.